The quantitative estimate of drug-likeness (QED) is 0.409. The van der Waals surface area contributed by atoms with Gasteiger partial charge in [0.05, 0.1) is 30.7 Å². The van der Waals surface area contributed by atoms with Crippen LogP contribution in [-0.2, 0) is 13.0 Å². The second kappa shape index (κ2) is 11.2. The summed E-state index contributed by atoms with van der Waals surface area (Å²) < 4.78 is 17.5. The van der Waals surface area contributed by atoms with Crippen LogP contribution >= 0.6 is 15.9 Å². The van der Waals surface area contributed by atoms with Gasteiger partial charge in [-0.3, -0.25) is 4.79 Å². The highest BCUT2D eigenvalue weighted by atomic mass is 79.9. The summed E-state index contributed by atoms with van der Waals surface area (Å²) in [5, 5.41) is 11.7. The van der Waals surface area contributed by atoms with Crippen molar-refractivity contribution < 1.29 is 19.0 Å². The lowest BCUT2D eigenvalue weighted by Gasteiger charge is -2.15. The lowest BCUT2D eigenvalue weighted by atomic mass is 10.1. The molecular weight excluding hydrogens is 472 g/mol. The normalized spacial score (nSPS) is 10.2. The summed E-state index contributed by atoms with van der Waals surface area (Å²) in [5.74, 6) is 1.44. The molecule has 0 unspecified atom stereocenters. The maximum atomic E-state index is 12.9. The molecule has 7 heteroatoms. The summed E-state index contributed by atoms with van der Waals surface area (Å²) in [7, 11) is 1.53. The van der Waals surface area contributed by atoms with Crippen LogP contribution in [0.1, 0.15) is 28.4 Å². The molecule has 0 saturated carbocycles. The second-order valence-electron chi connectivity index (χ2n) is 6.80. The lowest BCUT2D eigenvalue weighted by molar-refractivity contribution is 0.102. The van der Waals surface area contributed by atoms with Gasteiger partial charge in [0.15, 0.2) is 11.5 Å². The van der Waals surface area contributed by atoms with Crippen molar-refractivity contribution in [2.75, 3.05) is 19.0 Å². The molecule has 3 aromatic rings. The van der Waals surface area contributed by atoms with Gasteiger partial charge in [-0.2, -0.15) is 5.26 Å². The molecule has 0 bridgehead atoms. The number of carbonyl (C=O) groups is 1. The number of hydrogen-bond donors (Lipinski definition) is 1. The summed E-state index contributed by atoms with van der Waals surface area (Å²) >= 11 is 3.45. The van der Waals surface area contributed by atoms with Crippen molar-refractivity contribution in [2.24, 2.45) is 0 Å². The van der Waals surface area contributed by atoms with E-state index in [9.17, 15) is 4.79 Å². The first-order chi connectivity index (χ1) is 15.5. The molecule has 32 heavy (non-hydrogen) atoms. The molecule has 0 aliphatic rings. The highest BCUT2D eigenvalue weighted by Gasteiger charge is 2.16. The van der Waals surface area contributed by atoms with E-state index >= 15 is 0 Å². The van der Waals surface area contributed by atoms with Crippen molar-refractivity contribution in [3.63, 3.8) is 0 Å². The van der Waals surface area contributed by atoms with E-state index in [0.29, 0.717) is 46.0 Å². The average molecular weight is 495 g/mol. The number of anilines is 1. The number of nitrogens with one attached hydrogen (secondary N) is 1. The molecular formula is C25H23BrN2O4. The summed E-state index contributed by atoms with van der Waals surface area (Å²) in [5.41, 5.74) is 2.85. The third kappa shape index (κ3) is 5.80. The lowest BCUT2D eigenvalue weighted by Crippen LogP contribution is -2.14. The van der Waals surface area contributed by atoms with Gasteiger partial charge in [0.2, 0.25) is 0 Å². The van der Waals surface area contributed by atoms with E-state index in [-0.39, 0.29) is 12.5 Å². The number of amides is 1. The van der Waals surface area contributed by atoms with Crippen LogP contribution in [0.5, 0.6) is 17.2 Å². The summed E-state index contributed by atoms with van der Waals surface area (Å²) in [6.45, 7) is 2.64. The van der Waals surface area contributed by atoms with Crippen molar-refractivity contribution in [3.8, 4) is 23.3 Å². The second-order valence-corrected chi connectivity index (χ2v) is 7.66. The van der Waals surface area contributed by atoms with Crippen molar-refractivity contribution >= 4 is 27.5 Å². The zero-order valence-corrected chi connectivity index (χ0v) is 19.4. The SMILES string of the molecule is CCOc1c(Br)cc(C(=O)Nc2ccccc2COc2ccc(CC#N)cc2)cc1OC. The topological polar surface area (TPSA) is 80.6 Å². The van der Waals surface area contributed by atoms with Gasteiger partial charge in [0, 0.05) is 16.8 Å². The molecule has 0 radical (unpaired) electrons. The van der Waals surface area contributed by atoms with Crippen molar-refractivity contribution in [1.29, 1.82) is 5.26 Å². The Morgan fingerprint density at radius 2 is 1.84 bits per heavy atom. The van der Waals surface area contributed by atoms with E-state index in [4.69, 9.17) is 19.5 Å². The fourth-order valence-electron chi connectivity index (χ4n) is 3.05. The van der Waals surface area contributed by atoms with Gasteiger partial charge >= 0.3 is 0 Å². The first-order valence-corrected chi connectivity index (χ1v) is 10.8. The number of ether oxygens (including phenoxy) is 3. The smallest absolute Gasteiger partial charge is 0.255 e. The van der Waals surface area contributed by atoms with Gasteiger partial charge in [0.25, 0.3) is 5.91 Å². The molecule has 0 saturated heterocycles. The third-order valence-electron chi connectivity index (χ3n) is 4.65. The Labute approximate surface area is 195 Å². The minimum Gasteiger partial charge on any atom is -0.493 e. The number of nitriles is 1. The molecule has 0 heterocycles. The molecule has 0 aliphatic heterocycles. The molecule has 164 valence electrons. The Hall–Kier alpha value is -3.50. The molecule has 1 N–H and O–H groups in total. The highest BCUT2D eigenvalue weighted by molar-refractivity contribution is 9.10. The zero-order valence-electron chi connectivity index (χ0n) is 17.9. The number of hydrogen-bond acceptors (Lipinski definition) is 5. The molecule has 0 fully saturated rings. The van der Waals surface area contributed by atoms with Crippen LogP contribution in [0.3, 0.4) is 0 Å². The standard InChI is InChI=1S/C25H23BrN2O4/c1-3-31-24-21(26)14-19(15-23(24)30-2)25(29)28-22-7-5-4-6-18(22)16-32-20-10-8-17(9-11-20)12-13-27/h4-11,14-15H,3,12,16H2,1-2H3,(H,28,29). The van der Waals surface area contributed by atoms with E-state index in [2.05, 4.69) is 27.3 Å². The maximum absolute atomic E-state index is 12.9. The fourth-order valence-corrected chi connectivity index (χ4v) is 3.61. The summed E-state index contributed by atoms with van der Waals surface area (Å²) in [6.07, 6.45) is 0.363. The highest BCUT2D eigenvalue weighted by Crippen LogP contribution is 2.37. The fraction of sp³-hybridized carbons (Fsp3) is 0.200. The monoisotopic (exact) mass is 494 g/mol. The molecule has 3 aromatic carbocycles. The number of benzene rings is 3. The van der Waals surface area contributed by atoms with Crippen LogP contribution < -0.4 is 19.5 Å². The van der Waals surface area contributed by atoms with Crippen molar-refractivity contribution in [1.82, 2.24) is 0 Å². The van der Waals surface area contributed by atoms with Crippen LogP contribution in [0, 0.1) is 11.3 Å². The molecule has 0 aromatic heterocycles. The number of para-hydroxylation sites is 1. The Balaban J connectivity index is 1.74. The predicted molar refractivity (Wildman–Crippen MR) is 126 cm³/mol. The van der Waals surface area contributed by atoms with Crippen LogP contribution in [0.4, 0.5) is 5.69 Å². The molecule has 3 rings (SSSR count). The van der Waals surface area contributed by atoms with Gasteiger partial charge in [-0.1, -0.05) is 30.3 Å². The molecule has 0 atom stereocenters. The van der Waals surface area contributed by atoms with Gasteiger partial charge < -0.3 is 19.5 Å². The Kier molecular flexibility index (Phi) is 8.12. The first-order valence-electron chi connectivity index (χ1n) is 10.0. The molecule has 0 spiro atoms. The minimum absolute atomic E-state index is 0.277. The number of carbonyl (C=O) groups excluding carboxylic acids is 1. The summed E-state index contributed by atoms with van der Waals surface area (Å²) in [6, 6.07) is 20.3. The van der Waals surface area contributed by atoms with E-state index in [1.54, 1.807) is 12.1 Å². The Morgan fingerprint density at radius 1 is 1.09 bits per heavy atom. The van der Waals surface area contributed by atoms with E-state index in [1.165, 1.54) is 7.11 Å². The van der Waals surface area contributed by atoms with Crippen molar-refractivity contribution in [3.05, 3.63) is 81.8 Å². The van der Waals surface area contributed by atoms with Crippen LogP contribution in [0.15, 0.2) is 65.1 Å². The molecule has 6 nitrogen and oxygen atoms in total. The van der Waals surface area contributed by atoms with Gasteiger partial charge in [-0.25, -0.2) is 0 Å². The number of nitrogens with zero attached hydrogens (tertiary/aromatic N) is 1. The largest absolute Gasteiger partial charge is 0.493 e. The molecule has 0 aliphatic carbocycles. The van der Waals surface area contributed by atoms with Crippen molar-refractivity contribution in [2.45, 2.75) is 20.0 Å². The third-order valence-corrected chi connectivity index (χ3v) is 5.24. The maximum Gasteiger partial charge on any atom is 0.255 e. The minimum atomic E-state index is -0.277. The van der Waals surface area contributed by atoms with Crippen LogP contribution in [-0.4, -0.2) is 19.6 Å². The predicted octanol–water partition coefficient (Wildman–Crippen LogP) is 5.75. The Morgan fingerprint density at radius 3 is 2.53 bits per heavy atom. The van der Waals surface area contributed by atoms with Crippen LogP contribution in [0.2, 0.25) is 0 Å². The number of rotatable bonds is 9. The zero-order chi connectivity index (χ0) is 22.9. The first kappa shape index (κ1) is 23.2. The van der Waals surface area contributed by atoms with Gasteiger partial charge in [0.1, 0.15) is 12.4 Å². The van der Waals surface area contributed by atoms with Gasteiger partial charge in [-0.05, 0) is 58.7 Å². The van der Waals surface area contributed by atoms with Gasteiger partial charge in [-0.15, -0.1) is 0 Å². The van der Waals surface area contributed by atoms with Crippen LogP contribution in [0.25, 0.3) is 0 Å². The van der Waals surface area contributed by atoms with E-state index in [0.717, 1.165) is 11.1 Å². The molecule has 1 amide bonds. The van der Waals surface area contributed by atoms with E-state index < -0.39 is 0 Å². The number of halogens is 1. The summed E-state index contributed by atoms with van der Waals surface area (Å²) in [4.78, 5) is 12.9. The Bertz CT molecular complexity index is 1120. The number of methoxy groups -OCH3 is 1. The van der Waals surface area contributed by atoms with E-state index in [1.807, 2.05) is 55.5 Å². The average Bonchev–Trinajstić information content (AvgIpc) is 2.80.